The van der Waals surface area contributed by atoms with E-state index in [-0.39, 0.29) is 5.91 Å². The molecule has 0 bridgehead atoms. The highest BCUT2D eigenvalue weighted by Gasteiger charge is 2.21. The van der Waals surface area contributed by atoms with Crippen molar-refractivity contribution < 1.29 is 14.3 Å². The molecule has 0 spiro atoms. The van der Waals surface area contributed by atoms with Gasteiger partial charge in [0.25, 0.3) is 5.91 Å². The molecule has 178 valence electrons. The van der Waals surface area contributed by atoms with E-state index in [1.165, 1.54) is 16.7 Å². The number of aryl methyl sites for hydroxylation is 1. The Balaban J connectivity index is 1.25. The first-order valence-corrected chi connectivity index (χ1v) is 11.9. The Morgan fingerprint density at radius 3 is 2.57 bits per heavy atom. The number of carbonyl (C=O) groups excluding carboxylic acids is 1. The summed E-state index contributed by atoms with van der Waals surface area (Å²) in [5, 5.41) is 10.9. The summed E-state index contributed by atoms with van der Waals surface area (Å²) in [6.45, 7) is 0.530. The molecule has 35 heavy (non-hydrogen) atoms. The van der Waals surface area contributed by atoms with Gasteiger partial charge in [-0.15, -0.1) is 0 Å². The van der Waals surface area contributed by atoms with Gasteiger partial charge < -0.3 is 14.8 Å². The molecule has 0 fully saturated rings. The number of aromatic amines is 1. The van der Waals surface area contributed by atoms with Gasteiger partial charge in [-0.25, -0.2) is 0 Å². The maximum atomic E-state index is 12.7. The number of amides is 1. The van der Waals surface area contributed by atoms with Gasteiger partial charge in [-0.3, -0.25) is 9.89 Å². The van der Waals surface area contributed by atoms with Gasteiger partial charge in [-0.2, -0.15) is 5.10 Å². The smallest absolute Gasteiger partial charge is 0.251 e. The molecule has 1 aliphatic rings. The topological polar surface area (TPSA) is 76.2 Å². The predicted molar refractivity (Wildman–Crippen MR) is 137 cm³/mol. The Morgan fingerprint density at radius 2 is 1.77 bits per heavy atom. The van der Waals surface area contributed by atoms with E-state index in [4.69, 9.17) is 9.47 Å². The van der Waals surface area contributed by atoms with Crippen LogP contribution >= 0.6 is 0 Å². The number of carbonyl (C=O) groups is 1. The molecule has 0 saturated heterocycles. The normalized spacial score (nSPS) is 12.3. The molecule has 3 aromatic carbocycles. The molecule has 0 atom stereocenters. The van der Waals surface area contributed by atoms with E-state index in [0.717, 1.165) is 41.8 Å². The average molecular weight is 468 g/mol. The maximum absolute atomic E-state index is 12.7. The van der Waals surface area contributed by atoms with E-state index in [2.05, 4.69) is 39.8 Å². The van der Waals surface area contributed by atoms with E-state index >= 15 is 0 Å². The number of nitrogens with zero attached hydrogens (tertiary/aromatic N) is 1. The zero-order chi connectivity index (χ0) is 24.2. The van der Waals surface area contributed by atoms with Crippen molar-refractivity contribution >= 4 is 5.91 Å². The van der Waals surface area contributed by atoms with E-state index in [1.807, 2.05) is 42.5 Å². The molecule has 0 aliphatic heterocycles. The zero-order valence-corrected chi connectivity index (χ0v) is 20.1. The molecule has 1 amide bonds. The van der Waals surface area contributed by atoms with Crippen molar-refractivity contribution in [1.29, 1.82) is 0 Å². The summed E-state index contributed by atoms with van der Waals surface area (Å²) in [4.78, 5) is 12.7. The van der Waals surface area contributed by atoms with Crippen LogP contribution in [0.1, 0.15) is 33.5 Å². The Labute approximate surface area is 205 Å². The fourth-order valence-corrected chi connectivity index (χ4v) is 4.75. The van der Waals surface area contributed by atoms with Gasteiger partial charge in [0.15, 0.2) is 11.5 Å². The van der Waals surface area contributed by atoms with Crippen LogP contribution in [0.25, 0.3) is 22.5 Å². The first-order chi connectivity index (χ1) is 17.2. The quantitative estimate of drug-likeness (QED) is 0.391. The minimum absolute atomic E-state index is 0.0909. The fourth-order valence-electron chi connectivity index (χ4n) is 4.75. The molecule has 0 unspecified atom stereocenters. The van der Waals surface area contributed by atoms with Crippen LogP contribution in [-0.2, 0) is 19.3 Å². The highest BCUT2D eigenvalue weighted by atomic mass is 16.5. The lowest BCUT2D eigenvalue weighted by atomic mass is 9.99. The Bertz CT molecular complexity index is 1340. The van der Waals surface area contributed by atoms with Crippen LogP contribution in [0, 0.1) is 0 Å². The third-order valence-electron chi connectivity index (χ3n) is 6.59. The number of ether oxygens (including phenoxy) is 2. The van der Waals surface area contributed by atoms with Crippen molar-refractivity contribution in [2.45, 2.75) is 25.7 Å². The summed E-state index contributed by atoms with van der Waals surface area (Å²) in [7, 11) is 3.23. The standard InChI is InChI=1S/C29H29N3O3/c1-34-25-15-10-19(18-26(25)35-2)16-17-30-29(33)22-13-11-21(12-14-22)27-24-9-5-7-20-6-3-4-8-23(20)28(24)32-31-27/h3-4,6,8,10-15,18H,5,7,9,16-17H2,1-2H3,(H,30,33)(H,31,32). The molecule has 1 aliphatic carbocycles. The van der Waals surface area contributed by atoms with Crippen molar-refractivity contribution in [3.8, 4) is 34.0 Å². The summed E-state index contributed by atoms with van der Waals surface area (Å²) in [6, 6.07) is 22.0. The van der Waals surface area contributed by atoms with Crippen molar-refractivity contribution in [1.82, 2.24) is 15.5 Å². The Hall–Kier alpha value is -4.06. The average Bonchev–Trinajstić information content (AvgIpc) is 3.23. The van der Waals surface area contributed by atoms with Gasteiger partial charge in [0.1, 0.15) is 0 Å². The molecular formula is C29H29N3O3. The van der Waals surface area contributed by atoms with Crippen LogP contribution in [-0.4, -0.2) is 36.9 Å². The second kappa shape index (κ2) is 10.1. The molecule has 1 heterocycles. The number of benzene rings is 3. The van der Waals surface area contributed by atoms with Crippen molar-refractivity contribution in [3.63, 3.8) is 0 Å². The fraction of sp³-hybridized carbons (Fsp3) is 0.241. The molecule has 6 nitrogen and oxygen atoms in total. The Kier molecular flexibility index (Phi) is 6.53. The second-order valence-corrected chi connectivity index (χ2v) is 8.71. The van der Waals surface area contributed by atoms with Crippen molar-refractivity contribution in [2.24, 2.45) is 0 Å². The number of fused-ring (bicyclic) bond motifs is 3. The second-order valence-electron chi connectivity index (χ2n) is 8.71. The van der Waals surface area contributed by atoms with E-state index in [1.54, 1.807) is 14.2 Å². The summed E-state index contributed by atoms with van der Waals surface area (Å²) in [6.07, 6.45) is 3.84. The zero-order valence-electron chi connectivity index (χ0n) is 20.1. The van der Waals surface area contributed by atoms with Crippen LogP contribution < -0.4 is 14.8 Å². The Morgan fingerprint density at radius 1 is 0.971 bits per heavy atom. The first-order valence-electron chi connectivity index (χ1n) is 11.9. The van der Waals surface area contributed by atoms with Gasteiger partial charge in [-0.1, -0.05) is 42.5 Å². The van der Waals surface area contributed by atoms with E-state index in [9.17, 15) is 4.79 Å². The minimum Gasteiger partial charge on any atom is -0.493 e. The van der Waals surface area contributed by atoms with Crippen LogP contribution in [0.5, 0.6) is 11.5 Å². The van der Waals surface area contributed by atoms with Gasteiger partial charge >= 0.3 is 0 Å². The molecular weight excluding hydrogens is 438 g/mol. The van der Waals surface area contributed by atoms with Crippen molar-refractivity contribution in [2.75, 3.05) is 20.8 Å². The van der Waals surface area contributed by atoms with Crippen LogP contribution in [0.3, 0.4) is 0 Å². The largest absolute Gasteiger partial charge is 0.493 e. The number of hydrogen-bond acceptors (Lipinski definition) is 4. The maximum Gasteiger partial charge on any atom is 0.251 e. The van der Waals surface area contributed by atoms with Gasteiger partial charge in [0, 0.05) is 28.8 Å². The molecule has 2 N–H and O–H groups in total. The summed E-state index contributed by atoms with van der Waals surface area (Å²) in [5.74, 6) is 1.29. The molecule has 6 heteroatoms. The van der Waals surface area contributed by atoms with Gasteiger partial charge in [-0.05, 0) is 61.1 Å². The summed E-state index contributed by atoms with van der Waals surface area (Å²) >= 11 is 0. The SMILES string of the molecule is COc1ccc(CCNC(=O)c2ccc(-c3n[nH]c4c3CCCc3ccccc3-4)cc2)cc1OC. The first kappa shape index (κ1) is 22.7. The van der Waals surface area contributed by atoms with Crippen LogP contribution in [0.2, 0.25) is 0 Å². The molecule has 5 rings (SSSR count). The predicted octanol–water partition coefficient (Wildman–Crippen LogP) is 5.22. The summed E-state index contributed by atoms with van der Waals surface area (Å²) in [5.41, 5.74) is 8.66. The van der Waals surface area contributed by atoms with Crippen molar-refractivity contribution in [3.05, 3.63) is 89.0 Å². The van der Waals surface area contributed by atoms with Gasteiger partial charge in [0.05, 0.1) is 25.6 Å². The lowest BCUT2D eigenvalue weighted by Crippen LogP contribution is -2.25. The number of nitrogens with one attached hydrogen (secondary N) is 2. The molecule has 1 aromatic heterocycles. The highest BCUT2D eigenvalue weighted by Crippen LogP contribution is 2.36. The third-order valence-corrected chi connectivity index (χ3v) is 6.59. The number of hydrogen-bond donors (Lipinski definition) is 2. The van der Waals surface area contributed by atoms with E-state index < -0.39 is 0 Å². The number of H-pyrrole nitrogens is 1. The van der Waals surface area contributed by atoms with Crippen LogP contribution in [0.4, 0.5) is 0 Å². The highest BCUT2D eigenvalue weighted by molar-refractivity contribution is 5.94. The number of rotatable bonds is 7. The van der Waals surface area contributed by atoms with Crippen LogP contribution in [0.15, 0.2) is 66.7 Å². The minimum atomic E-state index is -0.0909. The monoisotopic (exact) mass is 467 g/mol. The molecule has 0 saturated carbocycles. The van der Waals surface area contributed by atoms with Gasteiger partial charge in [0.2, 0.25) is 0 Å². The number of methoxy groups -OCH3 is 2. The molecule has 4 aromatic rings. The number of aromatic nitrogens is 2. The lowest BCUT2D eigenvalue weighted by molar-refractivity contribution is 0.0954. The third kappa shape index (κ3) is 4.64. The summed E-state index contributed by atoms with van der Waals surface area (Å²) < 4.78 is 10.6. The molecule has 0 radical (unpaired) electrons. The lowest BCUT2D eigenvalue weighted by Gasteiger charge is -2.10. The van der Waals surface area contributed by atoms with E-state index in [0.29, 0.717) is 30.0 Å².